The Morgan fingerprint density at radius 3 is 1.42 bits per heavy atom. The minimum Gasteiger partial charge on any atom is -0.292 e. The molecule has 0 radical (unpaired) electrons. The van der Waals surface area contributed by atoms with E-state index in [4.69, 9.17) is 9.97 Å². The van der Waals surface area contributed by atoms with Crippen LogP contribution in [0.15, 0.2) is 188 Å². The minimum absolute atomic E-state index is 0.816. The van der Waals surface area contributed by atoms with Crippen LogP contribution in [0.4, 0.5) is 0 Å². The maximum Gasteiger partial charge on any atom is 0.165 e. The molecule has 0 spiro atoms. The van der Waals surface area contributed by atoms with Crippen molar-refractivity contribution >= 4 is 65.2 Å². The van der Waals surface area contributed by atoms with E-state index in [1.807, 2.05) is 18.2 Å². The van der Waals surface area contributed by atoms with Gasteiger partial charge in [-0.1, -0.05) is 140 Å². The average Bonchev–Trinajstić information content (AvgIpc) is 3.54. The highest BCUT2D eigenvalue weighted by Crippen LogP contribution is 2.40. The molecule has 53 heavy (non-hydrogen) atoms. The van der Waals surface area contributed by atoms with Crippen LogP contribution in [0.1, 0.15) is 0 Å². The average molecular weight is 674 g/mol. The molecule has 9 aromatic carbocycles. The number of hydrogen-bond acceptors (Lipinski definition) is 2. The Morgan fingerprint density at radius 2 is 0.755 bits per heavy atom. The lowest BCUT2D eigenvalue weighted by Gasteiger charge is -2.14. The van der Waals surface area contributed by atoms with Gasteiger partial charge in [-0.2, -0.15) is 0 Å². The number of nitrogens with zero attached hydrogens (tertiary/aromatic N) is 3. The summed E-state index contributed by atoms with van der Waals surface area (Å²) >= 11 is 0. The van der Waals surface area contributed by atoms with Crippen LogP contribution in [0, 0.1) is 0 Å². The lowest BCUT2D eigenvalue weighted by Crippen LogP contribution is -2.03. The summed E-state index contributed by atoms with van der Waals surface area (Å²) in [6.45, 7) is 0. The van der Waals surface area contributed by atoms with Crippen LogP contribution in [0.25, 0.3) is 104 Å². The van der Waals surface area contributed by atoms with Gasteiger partial charge in [-0.25, -0.2) is 9.97 Å². The molecule has 0 aliphatic rings. The highest BCUT2D eigenvalue weighted by Gasteiger charge is 2.20. The van der Waals surface area contributed by atoms with Crippen LogP contribution in [0.2, 0.25) is 0 Å². The SMILES string of the molecule is c1ccc2cc(-c3ccc(-c4nc5ccccc5nc4-n4c5ccc(-c6ccc7ccccc7c6)cc5c5cc6ccccc6cc54)cc3)ccc2c1. The first kappa shape index (κ1) is 29.6. The molecule has 11 rings (SSSR count). The van der Waals surface area contributed by atoms with Crippen LogP contribution >= 0.6 is 0 Å². The second-order valence-electron chi connectivity index (χ2n) is 13.9. The summed E-state index contributed by atoms with van der Waals surface area (Å²) in [6.07, 6.45) is 0. The van der Waals surface area contributed by atoms with Crippen LogP contribution in [-0.4, -0.2) is 14.5 Å². The van der Waals surface area contributed by atoms with Gasteiger partial charge >= 0.3 is 0 Å². The van der Waals surface area contributed by atoms with Crippen molar-refractivity contribution in [2.24, 2.45) is 0 Å². The molecule has 0 unspecified atom stereocenters. The Kier molecular flexibility index (Phi) is 6.55. The maximum absolute atomic E-state index is 5.40. The van der Waals surface area contributed by atoms with Crippen LogP contribution in [0.3, 0.4) is 0 Å². The molecule has 0 fully saturated rings. The minimum atomic E-state index is 0.816. The van der Waals surface area contributed by atoms with Gasteiger partial charge in [0.1, 0.15) is 5.69 Å². The molecule has 246 valence electrons. The lowest BCUT2D eigenvalue weighted by molar-refractivity contribution is 1.08. The third kappa shape index (κ3) is 4.90. The van der Waals surface area contributed by atoms with E-state index in [0.717, 1.165) is 39.1 Å². The molecule has 2 heterocycles. The fourth-order valence-electron chi connectivity index (χ4n) is 8.01. The number of benzene rings is 9. The largest absolute Gasteiger partial charge is 0.292 e. The highest BCUT2D eigenvalue weighted by molar-refractivity contribution is 6.15. The normalized spacial score (nSPS) is 11.8. The summed E-state index contributed by atoms with van der Waals surface area (Å²) in [7, 11) is 0. The van der Waals surface area contributed by atoms with E-state index in [0.29, 0.717) is 0 Å². The quantitative estimate of drug-likeness (QED) is 0.186. The third-order valence-corrected chi connectivity index (χ3v) is 10.7. The van der Waals surface area contributed by atoms with Crippen molar-refractivity contribution in [1.82, 2.24) is 14.5 Å². The van der Waals surface area contributed by atoms with Crippen LogP contribution in [0.5, 0.6) is 0 Å². The predicted molar refractivity (Wildman–Crippen MR) is 223 cm³/mol. The van der Waals surface area contributed by atoms with Crippen LogP contribution in [-0.2, 0) is 0 Å². The van der Waals surface area contributed by atoms with E-state index in [1.165, 1.54) is 65.3 Å². The van der Waals surface area contributed by atoms with Crippen LogP contribution < -0.4 is 0 Å². The Bertz CT molecular complexity index is 3230. The number of fused-ring (bicyclic) bond motifs is 7. The molecule has 0 saturated carbocycles. The lowest BCUT2D eigenvalue weighted by atomic mass is 9.99. The molecular weight excluding hydrogens is 643 g/mol. The van der Waals surface area contributed by atoms with E-state index in [1.54, 1.807) is 0 Å². The summed E-state index contributed by atoms with van der Waals surface area (Å²) in [4.78, 5) is 10.7. The van der Waals surface area contributed by atoms with Gasteiger partial charge in [0.05, 0.1) is 22.1 Å². The van der Waals surface area contributed by atoms with Gasteiger partial charge in [-0.05, 0) is 103 Å². The van der Waals surface area contributed by atoms with Gasteiger partial charge < -0.3 is 0 Å². The predicted octanol–water partition coefficient (Wildman–Crippen LogP) is 13.2. The van der Waals surface area contributed by atoms with Crippen molar-refractivity contribution in [3.63, 3.8) is 0 Å². The molecule has 3 heteroatoms. The maximum atomic E-state index is 5.40. The van der Waals surface area contributed by atoms with Gasteiger partial charge in [0.15, 0.2) is 5.82 Å². The fourth-order valence-corrected chi connectivity index (χ4v) is 8.01. The molecule has 3 nitrogen and oxygen atoms in total. The Morgan fingerprint density at radius 1 is 0.302 bits per heavy atom. The van der Waals surface area contributed by atoms with Crippen molar-refractivity contribution in [1.29, 1.82) is 0 Å². The number of para-hydroxylation sites is 2. The van der Waals surface area contributed by atoms with Crippen molar-refractivity contribution < 1.29 is 0 Å². The van der Waals surface area contributed by atoms with Gasteiger partial charge in [-0.3, -0.25) is 4.57 Å². The van der Waals surface area contributed by atoms with Gasteiger partial charge in [0.2, 0.25) is 0 Å². The molecule has 0 saturated heterocycles. The number of hydrogen-bond donors (Lipinski definition) is 0. The Balaban J connectivity index is 1.14. The number of rotatable bonds is 4. The zero-order chi connectivity index (χ0) is 34.9. The van der Waals surface area contributed by atoms with E-state index >= 15 is 0 Å². The molecule has 0 amide bonds. The van der Waals surface area contributed by atoms with Crippen molar-refractivity contribution in [3.05, 3.63) is 188 Å². The molecule has 11 aromatic rings. The first-order chi connectivity index (χ1) is 26.2. The van der Waals surface area contributed by atoms with Crippen molar-refractivity contribution in [2.75, 3.05) is 0 Å². The zero-order valence-electron chi connectivity index (χ0n) is 28.7. The van der Waals surface area contributed by atoms with E-state index in [9.17, 15) is 0 Å². The summed E-state index contributed by atoms with van der Waals surface area (Å²) in [5.41, 5.74) is 10.5. The Hall–Kier alpha value is -7.10. The van der Waals surface area contributed by atoms with E-state index in [-0.39, 0.29) is 0 Å². The summed E-state index contributed by atoms with van der Waals surface area (Å²) in [5, 5.41) is 9.73. The fraction of sp³-hybridized carbons (Fsp3) is 0. The number of aromatic nitrogens is 3. The zero-order valence-corrected chi connectivity index (χ0v) is 28.7. The van der Waals surface area contributed by atoms with E-state index in [2.05, 4.69) is 174 Å². The van der Waals surface area contributed by atoms with Gasteiger partial charge in [0, 0.05) is 16.3 Å². The van der Waals surface area contributed by atoms with E-state index < -0.39 is 0 Å². The smallest absolute Gasteiger partial charge is 0.165 e. The molecule has 0 bridgehead atoms. The standard InChI is InChI=1S/C50H31N3/c1-3-11-36-27-40(23-19-32(36)9-1)34-17-21-35(22-18-34)49-50(52-46-16-8-7-15-45(46)51-49)53-47-26-25-42(41-24-20-33-10-2-4-12-37(33)28-41)30-43(47)44-29-38-13-5-6-14-39(38)31-48(44)53/h1-31H. The van der Waals surface area contributed by atoms with Crippen molar-refractivity contribution in [3.8, 4) is 39.3 Å². The summed E-state index contributed by atoms with van der Waals surface area (Å²) < 4.78 is 2.33. The molecule has 0 N–H and O–H groups in total. The highest BCUT2D eigenvalue weighted by atomic mass is 15.1. The topological polar surface area (TPSA) is 30.7 Å². The third-order valence-electron chi connectivity index (χ3n) is 10.7. The second-order valence-corrected chi connectivity index (χ2v) is 13.9. The monoisotopic (exact) mass is 673 g/mol. The Labute approximate surface area is 306 Å². The first-order valence-corrected chi connectivity index (χ1v) is 18.1. The second kappa shape index (κ2) is 11.7. The molecule has 0 atom stereocenters. The molecule has 0 aliphatic carbocycles. The summed E-state index contributed by atoms with van der Waals surface area (Å²) in [5.74, 6) is 0.816. The molecular formula is C50H31N3. The first-order valence-electron chi connectivity index (χ1n) is 18.1. The summed E-state index contributed by atoms with van der Waals surface area (Å²) in [6, 6.07) is 67.5. The van der Waals surface area contributed by atoms with Gasteiger partial charge in [0.25, 0.3) is 0 Å². The molecule has 2 aromatic heterocycles. The molecule has 0 aliphatic heterocycles. The van der Waals surface area contributed by atoms with Crippen molar-refractivity contribution in [2.45, 2.75) is 0 Å². The van der Waals surface area contributed by atoms with Gasteiger partial charge in [-0.15, -0.1) is 0 Å².